The average Bonchev–Trinajstić information content (AvgIpc) is 3.48. The number of rotatable bonds is 7. The van der Waals surface area contributed by atoms with E-state index in [2.05, 4.69) is 20.1 Å². The smallest absolute Gasteiger partial charge is 0.306 e. The van der Waals surface area contributed by atoms with E-state index in [4.69, 9.17) is 4.74 Å². The van der Waals surface area contributed by atoms with Crippen LogP contribution in [0.5, 0.6) is 0 Å². The number of nitrogens with one attached hydrogen (secondary N) is 2. The number of nitrogens with zero attached hydrogens (tertiary/aromatic N) is 3. The van der Waals surface area contributed by atoms with Gasteiger partial charge in [0, 0.05) is 29.1 Å². The van der Waals surface area contributed by atoms with Crippen LogP contribution in [0, 0.1) is 0 Å². The fourth-order valence-corrected chi connectivity index (χ4v) is 3.86. The highest BCUT2D eigenvalue weighted by molar-refractivity contribution is 6.10. The van der Waals surface area contributed by atoms with Crippen molar-refractivity contribution in [3.05, 3.63) is 88.7 Å². The summed E-state index contributed by atoms with van der Waals surface area (Å²) < 4.78 is 6.94. The van der Waals surface area contributed by atoms with Gasteiger partial charge < -0.3 is 14.7 Å². The van der Waals surface area contributed by atoms with E-state index in [9.17, 15) is 14.4 Å². The van der Waals surface area contributed by atoms with Gasteiger partial charge in [0.2, 0.25) is 5.78 Å². The number of ether oxygens (including phenoxy) is 1. The van der Waals surface area contributed by atoms with Crippen molar-refractivity contribution in [1.29, 1.82) is 0 Å². The zero-order valence-electron chi connectivity index (χ0n) is 18.3. The number of carbonyl (C=O) groups excluding carboxylic acids is 2. The first-order valence-corrected chi connectivity index (χ1v) is 10.8. The summed E-state index contributed by atoms with van der Waals surface area (Å²) in [7, 11) is 0. The van der Waals surface area contributed by atoms with Crippen molar-refractivity contribution in [3.8, 4) is 5.69 Å². The molecule has 0 saturated heterocycles. The van der Waals surface area contributed by atoms with Gasteiger partial charge in [-0.25, -0.2) is 9.67 Å². The van der Waals surface area contributed by atoms with Crippen LogP contribution < -0.4 is 5.56 Å². The highest BCUT2D eigenvalue weighted by Gasteiger charge is 2.22. The zero-order chi connectivity index (χ0) is 23.7. The first-order chi connectivity index (χ1) is 16.5. The van der Waals surface area contributed by atoms with Crippen LogP contribution in [0.2, 0.25) is 0 Å². The van der Waals surface area contributed by atoms with Crippen molar-refractivity contribution in [2.45, 2.75) is 25.9 Å². The zero-order valence-corrected chi connectivity index (χ0v) is 18.3. The number of ketones is 1. The van der Waals surface area contributed by atoms with Crippen LogP contribution in [0.25, 0.3) is 27.6 Å². The molecule has 0 saturated carbocycles. The predicted octanol–water partition coefficient (Wildman–Crippen LogP) is 3.34. The second-order valence-electron chi connectivity index (χ2n) is 7.89. The summed E-state index contributed by atoms with van der Waals surface area (Å²) in [5, 5.41) is 5.40. The van der Waals surface area contributed by atoms with E-state index in [-0.39, 0.29) is 24.2 Å². The molecule has 0 aliphatic heterocycles. The van der Waals surface area contributed by atoms with Gasteiger partial charge >= 0.3 is 5.97 Å². The Morgan fingerprint density at radius 1 is 1.06 bits per heavy atom. The maximum atomic E-state index is 12.8. The normalized spacial score (nSPS) is 12.1. The fraction of sp³-hybridized carbons (Fsp3) is 0.160. The van der Waals surface area contributed by atoms with Gasteiger partial charge in [-0.15, -0.1) is 0 Å². The predicted molar refractivity (Wildman–Crippen MR) is 126 cm³/mol. The average molecular weight is 455 g/mol. The van der Waals surface area contributed by atoms with Gasteiger partial charge in [-0.3, -0.25) is 14.4 Å². The molecule has 3 aromatic heterocycles. The number of Topliss-reactive ketones (excluding diaryl/α,β-unsaturated/α-hetero) is 1. The number of fused-ring (bicyclic) bond motifs is 2. The quantitative estimate of drug-likeness (QED) is 0.287. The van der Waals surface area contributed by atoms with Crippen molar-refractivity contribution >= 4 is 33.7 Å². The number of hydrogen-bond donors (Lipinski definition) is 2. The minimum Gasteiger partial charge on any atom is -0.454 e. The van der Waals surface area contributed by atoms with E-state index in [1.54, 1.807) is 17.8 Å². The molecule has 2 aromatic carbocycles. The van der Waals surface area contributed by atoms with Gasteiger partial charge in [0.15, 0.2) is 11.8 Å². The number of para-hydroxylation sites is 2. The number of H-pyrrole nitrogens is 2. The highest BCUT2D eigenvalue weighted by Crippen LogP contribution is 2.20. The standard InChI is InChI=1S/C25H21N5O4/c1-15(23(32)18-13-26-20-10-6-5-9-17(18)20)34-22(31)12-11-21-28-24-19(25(33)29-21)14-27-30(24)16-7-3-2-4-8-16/h2-10,13-15,26H,11-12H2,1H3,(H,28,29,33)/t15-/m0/s1. The molecule has 2 N–H and O–H groups in total. The van der Waals surface area contributed by atoms with Gasteiger partial charge in [0.1, 0.15) is 11.2 Å². The number of benzene rings is 2. The summed E-state index contributed by atoms with van der Waals surface area (Å²) in [5.74, 6) is -0.506. The van der Waals surface area contributed by atoms with Crippen LogP contribution in [0.15, 0.2) is 71.8 Å². The molecule has 9 nitrogen and oxygen atoms in total. The number of esters is 1. The van der Waals surface area contributed by atoms with Gasteiger partial charge in [-0.05, 0) is 25.1 Å². The Hall–Kier alpha value is -4.53. The largest absolute Gasteiger partial charge is 0.454 e. The third kappa shape index (κ3) is 3.99. The van der Waals surface area contributed by atoms with Crippen molar-refractivity contribution in [2.24, 2.45) is 0 Å². The number of aromatic amines is 2. The third-order valence-corrected chi connectivity index (χ3v) is 5.59. The van der Waals surface area contributed by atoms with E-state index < -0.39 is 12.1 Å². The molecule has 0 bridgehead atoms. The maximum absolute atomic E-state index is 12.8. The molecule has 34 heavy (non-hydrogen) atoms. The van der Waals surface area contributed by atoms with Crippen molar-refractivity contribution in [2.75, 3.05) is 0 Å². The Kier molecular flexibility index (Phi) is 5.51. The second-order valence-corrected chi connectivity index (χ2v) is 7.89. The molecule has 0 fully saturated rings. The molecule has 0 radical (unpaired) electrons. The Morgan fingerprint density at radius 2 is 1.82 bits per heavy atom. The van der Waals surface area contributed by atoms with Crippen molar-refractivity contribution in [1.82, 2.24) is 24.7 Å². The monoisotopic (exact) mass is 455 g/mol. The third-order valence-electron chi connectivity index (χ3n) is 5.59. The van der Waals surface area contributed by atoms with E-state index in [0.29, 0.717) is 22.4 Å². The molecule has 5 rings (SSSR count). The van der Waals surface area contributed by atoms with Gasteiger partial charge in [-0.2, -0.15) is 5.10 Å². The molecule has 0 aliphatic rings. The first kappa shape index (κ1) is 21.3. The Balaban J connectivity index is 1.28. The lowest BCUT2D eigenvalue weighted by molar-refractivity contribution is -0.146. The molecule has 5 aromatic rings. The molecule has 1 atom stereocenters. The minimum atomic E-state index is -0.944. The fourth-order valence-electron chi connectivity index (χ4n) is 3.86. The van der Waals surface area contributed by atoms with Crippen LogP contribution >= 0.6 is 0 Å². The molecule has 170 valence electrons. The summed E-state index contributed by atoms with van der Waals surface area (Å²) >= 11 is 0. The molecule has 3 heterocycles. The molecule has 0 aliphatic carbocycles. The lowest BCUT2D eigenvalue weighted by atomic mass is 10.1. The topological polar surface area (TPSA) is 123 Å². The lowest BCUT2D eigenvalue weighted by Crippen LogP contribution is -2.24. The van der Waals surface area contributed by atoms with Crippen molar-refractivity contribution in [3.63, 3.8) is 0 Å². The summed E-state index contributed by atoms with van der Waals surface area (Å²) in [6.45, 7) is 1.55. The number of carbonyl (C=O) groups is 2. The maximum Gasteiger partial charge on any atom is 0.306 e. The summed E-state index contributed by atoms with van der Waals surface area (Å²) in [6.07, 6.45) is 2.25. The lowest BCUT2D eigenvalue weighted by Gasteiger charge is -2.12. The van der Waals surface area contributed by atoms with E-state index in [1.165, 1.54) is 6.20 Å². The van der Waals surface area contributed by atoms with Crippen LogP contribution in [0.4, 0.5) is 0 Å². The minimum absolute atomic E-state index is 0.0422. The Bertz CT molecular complexity index is 1560. The summed E-state index contributed by atoms with van der Waals surface area (Å²) in [5.41, 5.74) is 2.15. The van der Waals surface area contributed by atoms with Crippen LogP contribution in [-0.2, 0) is 16.0 Å². The Morgan fingerprint density at radius 3 is 2.65 bits per heavy atom. The molecular weight excluding hydrogens is 434 g/mol. The molecule has 9 heteroatoms. The molecule has 0 amide bonds. The number of aryl methyl sites for hydroxylation is 1. The highest BCUT2D eigenvalue weighted by atomic mass is 16.5. The first-order valence-electron chi connectivity index (χ1n) is 10.8. The number of aromatic nitrogens is 5. The molecular formula is C25H21N5O4. The number of hydrogen-bond acceptors (Lipinski definition) is 6. The van der Waals surface area contributed by atoms with Gasteiger partial charge in [0.25, 0.3) is 5.56 Å². The molecule has 0 unspecified atom stereocenters. The van der Waals surface area contributed by atoms with Crippen LogP contribution in [0.1, 0.15) is 29.5 Å². The van der Waals surface area contributed by atoms with Crippen molar-refractivity contribution < 1.29 is 14.3 Å². The van der Waals surface area contributed by atoms with E-state index in [0.717, 1.165) is 16.6 Å². The second kappa shape index (κ2) is 8.78. The van der Waals surface area contributed by atoms with Crippen LogP contribution in [0.3, 0.4) is 0 Å². The van der Waals surface area contributed by atoms with E-state index >= 15 is 0 Å². The summed E-state index contributed by atoms with van der Waals surface area (Å²) in [6, 6.07) is 16.8. The van der Waals surface area contributed by atoms with Gasteiger partial charge in [0.05, 0.1) is 18.3 Å². The SMILES string of the molecule is C[C@H](OC(=O)CCc1nc2c(cnn2-c2ccccc2)c(=O)[nH]1)C(=O)c1c[nH]c2ccccc12. The summed E-state index contributed by atoms with van der Waals surface area (Å²) in [4.78, 5) is 47.9. The van der Waals surface area contributed by atoms with Crippen LogP contribution in [-0.4, -0.2) is 42.6 Å². The van der Waals surface area contributed by atoms with Gasteiger partial charge in [-0.1, -0.05) is 36.4 Å². The van der Waals surface area contributed by atoms with E-state index in [1.807, 2.05) is 54.6 Å². The Labute approximate surface area is 193 Å². The molecule has 0 spiro atoms.